The topological polar surface area (TPSA) is 94.8 Å². The maximum atomic E-state index is 12.1. The van der Waals surface area contributed by atoms with Gasteiger partial charge in [0.25, 0.3) is 5.91 Å². The second kappa shape index (κ2) is 9.12. The highest BCUT2D eigenvalue weighted by molar-refractivity contribution is 5.83. The largest absolute Gasteiger partial charge is 0.482 e. The van der Waals surface area contributed by atoms with E-state index in [9.17, 15) is 14.4 Å². The lowest BCUT2D eigenvalue weighted by Crippen LogP contribution is -2.45. The van der Waals surface area contributed by atoms with Crippen LogP contribution < -0.4 is 15.7 Å². The van der Waals surface area contributed by atoms with Gasteiger partial charge in [0.1, 0.15) is 11.3 Å². The van der Waals surface area contributed by atoms with Gasteiger partial charge in [-0.2, -0.15) is 0 Å². The molecule has 1 aromatic carbocycles. The minimum atomic E-state index is -0.629. The van der Waals surface area contributed by atoms with Gasteiger partial charge >= 0.3 is 11.6 Å². The number of aryl methyl sites for hydroxylation is 1. The molecule has 2 aliphatic rings. The monoisotopic (exact) mass is 427 g/mol. The van der Waals surface area contributed by atoms with E-state index in [4.69, 9.17) is 13.9 Å². The van der Waals surface area contributed by atoms with Crippen LogP contribution in [0.25, 0.3) is 11.0 Å². The SMILES string of the molecule is C[C@@H]1[C@H](C)CCC[C@H]1NC(=O)COC(=O)COc1ccc2c3c(c(=O)oc2c1)CCC3. The maximum Gasteiger partial charge on any atom is 0.344 e. The zero-order valence-corrected chi connectivity index (χ0v) is 18.1. The van der Waals surface area contributed by atoms with Crippen molar-refractivity contribution in [3.63, 3.8) is 0 Å². The van der Waals surface area contributed by atoms with Crippen LogP contribution in [0.2, 0.25) is 0 Å². The first-order valence-corrected chi connectivity index (χ1v) is 11.1. The molecule has 0 saturated heterocycles. The minimum absolute atomic E-state index is 0.125. The molecule has 0 bridgehead atoms. The number of rotatable bonds is 6. The van der Waals surface area contributed by atoms with Crippen LogP contribution in [-0.2, 0) is 27.2 Å². The number of amides is 1. The van der Waals surface area contributed by atoms with Crippen molar-refractivity contribution in [3.05, 3.63) is 39.7 Å². The zero-order chi connectivity index (χ0) is 22.0. The molecule has 1 saturated carbocycles. The van der Waals surface area contributed by atoms with Crippen molar-refractivity contribution in [2.45, 2.75) is 58.4 Å². The van der Waals surface area contributed by atoms with Gasteiger partial charge in [-0.3, -0.25) is 4.79 Å². The second-order valence-corrected chi connectivity index (χ2v) is 8.75. The highest BCUT2D eigenvalue weighted by atomic mass is 16.6. The van der Waals surface area contributed by atoms with E-state index >= 15 is 0 Å². The van der Waals surface area contributed by atoms with Gasteiger partial charge in [-0.05, 0) is 55.2 Å². The molecule has 0 aliphatic heterocycles. The average Bonchev–Trinajstić information content (AvgIpc) is 3.25. The average molecular weight is 427 g/mol. The number of benzene rings is 1. The van der Waals surface area contributed by atoms with Crippen LogP contribution in [0.1, 0.15) is 50.7 Å². The first-order chi connectivity index (χ1) is 14.9. The molecule has 31 heavy (non-hydrogen) atoms. The van der Waals surface area contributed by atoms with E-state index in [1.807, 2.05) is 6.07 Å². The lowest BCUT2D eigenvalue weighted by molar-refractivity contribution is -0.150. The Morgan fingerprint density at radius 2 is 1.90 bits per heavy atom. The predicted octanol–water partition coefficient (Wildman–Crippen LogP) is 3.14. The Bertz CT molecular complexity index is 1040. The molecular formula is C24H29NO6. The molecule has 4 rings (SSSR count). The zero-order valence-electron chi connectivity index (χ0n) is 18.1. The number of carbonyl (C=O) groups is 2. The van der Waals surface area contributed by atoms with Crippen LogP contribution in [0.5, 0.6) is 5.75 Å². The van der Waals surface area contributed by atoms with Crippen LogP contribution in [0.4, 0.5) is 0 Å². The first kappa shape index (κ1) is 21.4. The van der Waals surface area contributed by atoms with Gasteiger partial charge in [0.2, 0.25) is 0 Å². The summed E-state index contributed by atoms with van der Waals surface area (Å²) in [5.74, 6) is 0.463. The summed E-state index contributed by atoms with van der Waals surface area (Å²) in [4.78, 5) is 36.3. The fraction of sp³-hybridized carbons (Fsp3) is 0.542. The summed E-state index contributed by atoms with van der Waals surface area (Å²) in [7, 11) is 0. The Morgan fingerprint density at radius 3 is 2.74 bits per heavy atom. The summed E-state index contributed by atoms with van der Waals surface area (Å²) in [6, 6.07) is 5.33. The van der Waals surface area contributed by atoms with E-state index in [-0.39, 0.29) is 30.8 Å². The van der Waals surface area contributed by atoms with Crippen molar-refractivity contribution in [1.82, 2.24) is 5.32 Å². The van der Waals surface area contributed by atoms with Gasteiger partial charge in [0.05, 0.1) is 0 Å². The van der Waals surface area contributed by atoms with E-state index < -0.39 is 5.97 Å². The second-order valence-electron chi connectivity index (χ2n) is 8.75. The highest BCUT2D eigenvalue weighted by Gasteiger charge is 2.28. The first-order valence-electron chi connectivity index (χ1n) is 11.1. The summed E-state index contributed by atoms with van der Waals surface area (Å²) in [6.45, 7) is 3.70. The van der Waals surface area contributed by atoms with E-state index in [0.717, 1.165) is 48.6 Å². The molecule has 2 aliphatic carbocycles. The van der Waals surface area contributed by atoms with Gasteiger partial charge in [-0.1, -0.05) is 26.7 Å². The molecular weight excluding hydrogens is 398 g/mol. The normalized spacial score (nSPS) is 22.7. The molecule has 0 unspecified atom stereocenters. The Hall–Kier alpha value is -2.83. The molecule has 1 aromatic heterocycles. The van der Waals surface area contributed by atoms with Crippen molar-refractivity contribution in [1.29, 1.82) is 0 Å². The van der Waals surface area contributed by atoms with Gasteiger partial charge in [0.15, 0.2) is 13.2 Å². The third-order valence-electron chi connectivity index (χ3n) is 6.72. The fourth-order valence-corrected chi connectivity index (χ4v) is 4.72. The lowest BCUT2D eigenvalue weighted by atomic mass is 9.78. The standard InChI is InChI=1S/C24H29NO6/c1-14-5-3-8-20(15(14)2)25-22(26)12-30-23(27)13-29-16-9-10-18-17-6-4-7-19(17)24(28)31-21(18)11-16/h9-11,14-15,20H,3-8,12-13H2,1-2H3,(H,25,26)/t14-,15-,20-/m1/s1. The minimum Gasteiger partial charge on any atom is -0.482 e. The number of carbonyl (C=O) groups excluding carboxylic acids is 2. The number of hydrogen-bond acceptors (Lipinski definition) is 6. The molecule has 7 heteroatoms. The Kier molecular flexibility index (Phi) is 6.30. The molecule has 1 N–H and O–H groups in total. The van der Waals surface area contributed by atoms with Gasteiger partial charge in [-0.15, -0.1) is 0 Å². The summed E-state index contributed by atoms with van der Waals surface area (Å²) in [5, 5.41) is 3.88. The third-order valence-corrected chi connectivity index (χ3v) is 6.72. The molecule has 1 fully saturated rings. The number of hydrogen-bond donors (Lipinski definition) is 1. The number of ether oxygens (including phenoxy) is 2. The maximum absolute atomic E-state index is 12.1. The summed E-state index contributed by atoms with van der Waals surface area (Å²) in [6.07, 6.45) is 5.80. The van der Waals surface area contributed by atoms with Crippen molar-refractivity contribution >= 4 is 22.8 Å². The van der Waals surface area contributed by atoms with Crippen LogP contribution in [0.15, 0.2) is 27.4 Å². The molecule has 7 nitrogen and oxygen atoms in total. The third kappa shape index (κ3) is 4.75. The molecule has 2 aromatic rings. The fourth-order valence-electron chi connectivity index (χ4n) is 4.72. The Balaban J connectivity index is 1.28. The van der Waals surface area contributed by atoms with Crippen LogP contribution in [0.3, 0.4) is 0 Å². The number of esters is 1. The Labute approximate surface area is 181 Å². The molecule has 0 radical (unpaired) electrons. The van der Waals surface area contributed by atoms with E-state index in [1.54, 1.807) is 12.1 Å². The van der Waals surface area contributed by atoms with Crippen molar-refractivity contribution in [2.24, 2.45) is 11.8 Å². The van der Waals surface area contributed by atoms with E-state index in [0.29, 0.717) is 23.2 Å². The van der Waals surface area contributed by atoms with E-state index in [2.05, 4.69) is 19.2 Å². The molecule has 1 heterocycles. The van der Waals surface area contributed by atoms with Crippen molar-refractivity contribution in [2.75, 3.05) is 13.2 Å². The quantitative estimate of drug-likeness (QED) is 0.562. The summed E-state index contributed by atoms with van der Waals surface area (Å²) >= 11 is 0. The van der Waals surface area contributed by atoms with Crippen LogP contribution >= 0.6 is 0 Å². The van der Waals surface area contributed by atoms with Crippen LogP contribution in [-0.4, -0.2) is 31.1 Å². The van der Waals surface area contributed by atoms with Crippen LogP contribution in [0, 0.1) is 11.8 Å². The highest BCUT2D eigenvalue weighted by Crippen LogP contribution is 2.30. The predicted molar refractivity (Wildman–Crippen MR) is 115 cm³/mol. The van der Waals surface area contributed by atoms with Gasteiger partial charge in [0, 0.05) is 23.1 Å². The lowest BCUT2D eigenvalue weighted by Gasteiger charge is -2.34. The Morgan fingerprint density at radius 1 is 1.10 bits per heavy atom. The number of fused-ring (bicyclic) bond motifs is 3. The van der Waals surface area contributed by atoms with Gasteiger partial charge in [-0.25, -0.2) is 9.59 Å². The van der Waals surface area contributed by atoms with Gasteiger partial charge < -0.3 is 19.2 Å². The van der Waals surface area contributed by atoms with E-state index in [1.165, 1.54) is 6.42 Å². The summed E-state index contributed by atoms with van der Waals surface area (Å²) < 4.78 is 15.9. The number of nitrogens with one attached hydrogen (secondary N) is 1. The van der Waals surface area contributed by atoms with Crippen molar-refractivity contribution < 1.29 is 23.5 Å². The van der Waals surface area contributed by atoms with Crippen molar-refractivity contribution in [3.8, 4) is 5.75 Å². The molecule has 3 atom stereocenters. The summed E-state index contributed by atoms with van der Waals surface area (Å²) in [5.41, 5.74) is 1.96. The molecule has 166 valence electrons. The molecule has 1 amide bonds. The molecule has 0 spiro atoms. The smallest absolute Gasteiger partial charge is 0.344 e.